The molecule has 2 aromatic rings. The topological polar surface area (TPSA) is 54.2 Å². The van der Waals surface area contributed by atoms with Crippen molar-refractivity contribution in [3.05, 3.63) is 47.3 Å². The van der Waals surface area contributed by atoms with E-state index in [-0.39, 0.29) is 0 Å². The van der Waals surface area contributed by atoms with Crippen molar-refractivity contribution in [2.24, 2.45) is 4.99 Å². The second-order valence-electron chi connectivity index (χ2n) is 5.33. The van der Waals surface area contributed by atoms with E-state index >= 15 is 0 Å². The molecule has 21 heavy (non-hydrogen) atoms. The second-order valence-corrected chi connectivity index (χ2v) is 5.33. The van der Waals surface area contributed by atoms with Crippen LogP contribution in [0.3, 0.4) is 0 Å². The molecule has 3 rings (SSSR count). The Morgan fingerprint density at radius 3 is 2.86 bits per heavy atom. The summed E-state index contributed by atoms with van der Waals surface area (Å²) in [6, 6.07) is 10.4. The molecule has 1 aliphatic heterocycles. The van der Waals surface area contributed by atoms with Crippen LogP contribution in [-0.2, 0) is 6.54 Å². The summed E-state index contributed by atoms with van der Waals surface area (Å²) in [5, 5.41) is 11.2. The lowest BCUT2D eigenvalue weighted by Crippen LogP contribution is -2.40. The molecule has 0 spiro atoms. The van der Waals surface area contributed by atoms with Gasteiger partial charge in [0.25, 0.3) is 0 Å². The summed E-state index contributed by atoms with van der Waals surface area (Å²) in [6.45, 7) is 6.72. The zero-order valence-corrected chi connectivity index (χ0v) is 12.6. The molecule has 1 aromatic heterocycles. The van der Waals surface area contributed by atoms with Crippen molar-refractivity contribution >= 4 is 5.96 Å². The molecule has 1 aliphatic rings. The second kappa shape index (κ2) is 5.99. The van der Waals surface area contributed by atoms with Gasteiger partial charge in [-0.15, -0.1) is 0 Å². The van der Waals surface area contributed by atoms with Gasteiger partial charge in [0.2, 0.25) is 0 Å². The molecule has 5 nitrogen and oxygen atoms in total. The first-order valence-electron chi connectivity index (χ1n) is 7.38. The third-order valence-electron chi connectivity index (χ3n) is 3.57. The number of nitrogens with zero attached hydrogens (tertiary/aromatic N) is 3. The number of aliphatic imine (C=N–C) groups is 1. The van der Waals surface area contributed by atoms with Gasteiger partial charge in [0.05, 0.1) is 11.4 Å². The van der Waals surface area contributed by atoms with E-state index in [1.165, 1.54) is 5.56 Å². The summed E-state index contributed by atoms with van der Waals surface area (Å²) in [6.07, 6.45) is 1.10. The molecule has 0 radical (unpaired) electrons. The summed E-state index contributed by atoms with van der Waals surface area (Å²) >= 11 is 0. The lowest BCUT2D eigenvalue weighted by molar-refractivity contribution is 0.699. The molecule has 0 atom stereocenters. The molecule has 2 N–H and O–H groups in total. The van der Waals surface area contributed by atoms with Gasteiger partial charge in [-0.1, -0.05) is 18.2 Å². The summed E-state index contributed by atoms with van der Waals surface area (Å²) in [5.41, 5.74) is 4.51. The minimum Gasteiger partial charge on any atom is -0.356 e. The van der Waals surface area contributed by atoms with Gasteiger partial charge in [-0.25, -0.2) is 4.68 Å². The van der Waals surface area contributed by atoms with E-state index in [0.717, 1.165) is 49.1 Å². The van der Waals surface area contributed by atoms with Crippen LogP contribution in [0.15, 0.2) is 35.3 Å². The van der Waals surface area contributed by atoms with Crippen molar-refractivity contribution in [3.63, 3.8) is 0 Å². The van der Waals surface area contributed by atoms with Gasteiger partial charge < -0.3 is 10.6 Å². The molecule has 0 aliphatic carbocycles. The molecule has 0 saturated heterocycles. The molecule has 1 aromatic carbocycles. The van der Waals surface area contributed by atoms with Crippen LogP contribution in [-0.4, -0.2) is 28.8 Å². The van der Waals surface area contributed by atoms with E-state index in [9.17, 15) is 0 Å². The van der Waals surface area contributed by atoms with Crippen molar-refractivity contribution in [2.45, 2.75) is 26.8 Å². The number of hydrogen-bond donors (Lipinski definition) is 2. The molecular formula is C16H21N5. The van der Waals surface area contributed by atoms with Crippen molar-refractivity contribution < 1.29 is 0 Å². The van der Waals surface area contributed by atoms with Gasteiger partial charge in [0, 0.05) is 25.3 Å². The fourth-order valence-electron chi connectivity index (χ4n) is 2.57. The minimum atomic E-state index is 0.736. The largest absolute Gasteiger partial charge is 0.356 e. The van der Waals surface area contributed by atoms with Gasteiger partial charge in [0.15, 0.2) is 5.96 Å². The predicted octanol–water partition coefficient (Wildman–Crippen LogP) is 1.93. The molecule has 5 heteroatoms. The molecule has 0 amide bonds. The van der Waals surface area contributed by atoms with E-state index in [4.69, 9.17) is 0 Å². The van der Waals surface area contributed by atoms with Crippen LogP contribution in [0.25, 0.3) is 5.69 Å². The van der Waals surface area contributed by atoms with Crippen LogP contribution < -0.4 is 10.6 Å². The molecule has 0 saturated carbocycles. The average molecular weight is 283 g/mol. The number of para-hydroxylation sites is 1. The highest BCUT2D eigenvalue weighted by Crippen LogP contribution is 2.16. The third-order valence-corrected chi connectivity index (χ3v) is 3.57. The maximum Gasteiger partial charge on any atom is 0.191 e. The summed E-state index contributed by atoms with van der Waals surface area (Å²) < 4.78 is 2.00. The van der Waals surface area contributed by atoms with Crippen molar-refractivity contribution in [1.29, 1.82) is 0 Å². The monoisotopic (exact) mass is 283 g/mol. The smallest absolute Gasteiger partial charge is 0.191 e. The summed E-state index contributed by atoms with van der Waals surface area (Å²) in [5.74, 6) is 0.893. The van der Waals surface area contributed by atoms with Crippen LogP contribution >= 0.6 is 0 Å². The molecule has 0 unspecified atom stereocenters. The SMILES string of the molecule is Cc1cc(C)n(-c2ccccc2CNC2=NCCCN2)n1. The molecule has 0 bridgehead atoms. The van der Waals surface area contributed by atoms with Crippen LogP contribution in [0.1, 0.15) is 23.4 Å². The lowest BCUT2D eigenvalue weighted by atomic mass is 10.1. The van der Waals surface area contributed by atoms with Crippen LogP contribution in [0.2, 0.25) is 0 Å². The Balaban J connectivity index is 1.82. The van der Waals surface area contributed by atoms with Crippen LogP contribution in [0, 0.1) is 13.8 Å². The summed E-state index contributed by atoms with van der Waals surface area (Å²) in [7, 11) is 0. The van der Waals surface area contributed by atoms with E-state index in [0.29, 0.717) is 0 Å². The highest BCUT2D eigenvalue weighted by Gasteiger charge is 2.09. The third kappa shape index (κ3) is 3.07. The number of hydrogen-bond acceptors (Lipinski definition) is 4. The predicted molar refractivity (Wildman–Crippen MR) is 84.8 cm³/mol. The number of benzene rings is 1. The minimum absolute atomic E-state index is 0.736. The number of rotatable bonds is 3. The average Bonchev–Trinajstić information content (AvgIpc) is 2.85. The van der Waals surface area contributed by atoms with Gasteiger partial charge in [-0.2, -0.15) is 5.10 Å². The van der Waals surface area contributed by atoms with E-state index in [1.54, 1.807) is 0 Å². The maximum atomic E-state index is 4.58. The zero-order chi connectivity index (χ0) is 14.7. The quantitative estimate of drug-likeness (QED) is 0.905. The fourth-order valence-corrected chi connectivity index (χ4v) is 2.57. The van der Waals surface area contributed by atoms with Gasteiger partial charge in [-0.3, -0.25) is 4.99 Å². The Kier molecular flexibility index (Phi) is 3.90. The van der Waals surface area contributed by atoms with Crippen molar-refractivity contribution in [2.75, 3.05) is 13.1 Å². The lowest BCUT2D eigenvalue weighted by Gasteiger charge is -2.17. The normalized spacial score (nSPS) is 14.5. The number of nitrogens with one attached hydrogen (secondary N) is 2. The van der Waals surface area contributed by atoms with Crippen LogP contribution in [0.5, 0.6) is 0 Å². The highest BCUT2D eigenvalue weighted by atomic mass is 15.3. The Bertz CT molecular complexity index is 656. The van der Waals surface area contributed by atoms with Gasteiger partial charge in [-0.05, 0) is 38.0 Å². The van der Waals surface area contributed by atoms with Gasteiger partial charge >= 0.3 is 0 Å². The highest BCUT2D eigenvalue weighted by molar-refractivity contribution is 5.80. The molecule has 110 valence electrons. The van der Waals surface area contributed by atoms with E-state index in [2.05, 4.69) is 51.9 Å². The molecule has 2 heterocycles. The molecular weight excluding hydrogens is 262 g/mol. The number of guanidine groups is 1. The van der Waals surface area contributed by atoms with Crippen molar-refractivity contribution in [3.8, 4) is 5.69 Å². The first-order chi connectivity index (χ1) is 10.2. The zero-order valence-electron chi connectivity index (χ0n) is 12.6. The Morgan fingerprint density at radius 1 is 1.29 bits per heavy atom. The summed E-state index contributed by atoms with van der Waals surface area (Å²) in [4.78, 5) is 4.44. The molecule has 0 fully saturated rings. The van der Waals surface area contributed by atoms with Crippen LogP contribution in [0.4, 0.5) is 0 Å². The Morgan fingerprint density at radius 2 is 2.14 bits per heavy atom. The number of aromatic nitrogens is 2. The standard InChI is InChI=1S/C16H21N5/c1-12-10-13(2)21(20-12)15-7-4-3-6-14(15)11-19-16-17-8-5-9-18-16/h3-4,6-7,10H,5,8-9,11H2,1-2H3,(H2,17,18,19). The Labute approximate surface area is 125 Å². The van der Waals surface area contributed by atoms with E-state index in [1.807, 2.05) is 17.7 Å². The van der Waals surface area contributed by atoms with Gasteiger partial charge in [0.1, 0.15) is 0 Å². The first kappa shape index (κ1) is 13.7. The fraction of sp³-hybridized carbons (Fsp3) is 0.375. The first-order valence-corrected chi connectivity index (χ1v) is 7.38. The Hall–Kier alpha value is -2.30. The number of aryl methyl sites for hydroxylation is 2. The van der Waals surface area contributed by atoms with E-state index < -0.39 is 0 Å². The maximum absolute atomic E-state index is 4.58. The van der Waals surface area contributed by atoms with Crippen molar-refractivity contribution in [1.82, 2.24) is 20.4 Å².